The average molecular weight is 490 g/mol. The minimum Gasteiger partial charge on any atom is -0.368 e. The van der Waals surface area contributed by atoms with Gasteiger partial charge in [0.25, 0.3) is 5.91 Å². The van der Waals surface area contributed by atoms with Gasteiger partial charge in [-0.05, 0) is 31.4 Å². The third-order valence-electron chi connectivity index (χ3n) is 6.76. The van der Waals surface area contributed by atoms with Crippen LogP contribution in [0.4, 0.5) is 8.78 Å². The van der Waals surface area contributed by atoms with E-state index in [0.29, 0.717) is 25.1 Å². The van der Waals surface area contributed by atoms with Crippen molar-refractivity contribution in [2.45, 2.75) is 50.6 Å². The van der Waals surface area contributed by atoms with E-state index in [1.165, 1.54) is 18.6 Å². The molecule has 1 aromatic heterocycles. The van der Waals surface area contributed by atoms with E-state index in [-0.39, 0.29) is 29.5 Å². The predicted molar refractivity (Wildman–Crippen MR) is 122 cm³/mol. The molecule has 1 aliphatic heterocycles. The molecule has 3 amide bonds. The van der Waals surface area contributed by atoms with E-state index in [1.54, 1.807) is 0 Å². The van der Waals surface area contributed by atoms with E-state index < -0.39 is 35.4 Å². The van der Waals surface area contributed by atoms with E-state index in [1.807, 2.05) is 0 Å². The Labute approximate surface area is 201 Å². The van der Waals surface area contributed by atoms with Crippen LogP contribution in [-0.2, 0) is 9.59 Å². The van der Waals surface area contributed by atoms with E-state index in [4.69, 9.17) is 10.3 Å². The second kappa shape index (κ2) is 10.9. The van der Waals surface area contributed by atoms with Gasteiger partial charge < -0.3 is 20.9 Å². The number of piperidine rings is 1. The number of primary amides is 1. The highest BCUT2D eigenvalue weighted by Crippen LogP contribution is 2.28. The number of carbonyl (C=O) groups excluding carboxylic acids is 3. The van der Waals surface area contributed by atoms with Gasteiger partial charge in [0.1, 0.15) is 11.6 Å². The summed E-state index contributed by atoms with van der Waals surface area (Å²) in [5.41, 5.74) is 5.06. The molecule has 0 bridgehead atoms. The molecule has 0 unspecified atom stereocenters. The number of hydrogen-bond acceptors (Lipinski definition) is 6. The first-order valence-electron chi connectivity index (χ1n) is 11.8. The number of likely N-dealkylation sites (tertiary alicyclic amines) is 1. The van der Waals surface area contributed by atoms with Crippen LogP contribution in [-0.4, -0.2) is 59.5 Å². The molecule has 11 heteroatoms. The molecule has 2 heterocycles. The highest BCUT2D eigenvalue weighted by molar-refractivity contribution is 5.94. The third kappa shape index (κ3) is 6.02. The third-order valence-corrected chi connectivity index (χ3v) is 6.76. The summed E-state index contributed by atoms with van der Waals surface area (Å²) in [7, 11) is 0. The van der Waals surface area contributed by atoms with Crippen molar-refractivity contribution in [3.8, 4) is 11.3 Å². The van der Waals surface area contributed by atoms with Crippen molar-refractivity contribution < 1.29 is 27.7 Å². The average Bonchev–Trinajstić information content (AvgIpc) is 3.33. The minimum atomic E-state index is -0.839. The highest BCUT2D eigenvalue weighted by atomic mass is 19.1. The molecular weight excluding hydrogens is 460 g/mol. The second-order valence-electron chi connectivity index (χ2n) is 9.15. The Morgan fingerprint density at radius 1 is 1.11 bits per heavy atom. The Balaban J connectivity index is 1.46. The molecule has 188 valence electrons. The number of aromatic nitrogens is 1. The van der Waals surface area contributed by atoms with Gasteiger partial charge in [-0.25, -0.2) is 8.78 Å². The SMILES string of the molecule is NC(=O)CNC(=O)[C@@H]1CN(C2CCCCC2)CC[C@H]1NC(=O)c1cc(-c2ccc(F)cc2F)on1. The zero-order valence-corrected chi connectivity index (χ0v) is 19.3. The molecule has 0 spiro atoms. The molecule has 1 saturated heterocycles. The molecule has 1 aromatic carbocycles. The lowest BCUT2D eigenvalue weighted by Gasteiger charge is -2.43. The Morgan fingerprint density at radius 2 is 1.89 bits per heavy atom. The molecule has 2 aromatic rings. The molecule has 1 aliphatic carbocycles. The summed E-state index contributed by atoms with van der Waals surface area (Å²) in [5.74, 6) is -3.76. The molecule has 4 N–H and O–H groups in total. The van der Waals surface area contributed by atoms with Crippen LogP contribution in [0.3, 0.4) is 0 Å². The smallest absolute Gasteiger partial charge is 0.273 e. The molecule has 2 atom stereocenters. The summed E-state index contributed by atoms with van der Waals surface area (Å²) in [6.45, 7) is 0.889. The van der Waals surface area contributed by atoms with Gasteiger partial charge in [0.2, 0.25) is 11.8 Å². The summed E-state index contributed by atoms with van der Waals surface area (Å²) >= 11 is 0. The maximum atomic E-state index is 14.1. The predicted octanol–water partition coefficient (Wildman–Crippen LogP) is 1.97. The van der Waals surface area contributed by atoms with E-state index in [0.717, 1.165) is 38.3 Å². The summed E-state index contributed by atoms with van der Waals surface area (Å²) in [4.78, 5) is 39.3. The summed E-state index contributed by atoms with van der Waals surface area (Å²) < 4.78 is 32.4. The maximum absolute atomic E-state index is 14.1. The number of nitrogens with zero attached hydrogens (tertiary/aromatic N) is 2. The number of hydrogen-bond donors (Lipinski definition) is 3. The summed E-state index contributed by atoms with van der Waals surface area (Å²) in [5, 5.41) is 9.12. The maximum Gasteiger partial charge on any atom is 0.273 e. The monoisotopic (exact) mass is 489 g/mol. The highest BCUT2D eigenvalue weighted by Gasteiger charge is 2.38. The van der Waals surface area contributed by atoms with Crippen molar-refractivity contribution in [3.63, 3.8) is 0 Å². The van der Waals surface area contributed by atoms with Gasteiger partial charge in [0, 0.05) is 37.3 Å². The molecule has 0 radical (unpaired) electrons. The normalized spacial score (nSPS) is 21.4. The van der Waals surface area contributed by atoms with Crippen LogP contribution < -0.4 is 16.4 Å². The lowest BCUT2D eigenvalue weighted by Crippen LogP contribution is -2.58. The van der Waals surface area contributed by atoms with Gasteiger partial charge in [-0.3, -0.25) is 19.3 Å². The first-order valence-corrected chi connectivity index (χ1v) is 11.8. The first kappa shape index (κ1) is 24.8. The lowest BCUT2D eigenvalue weighted by atomic mass is 9.87. The van der Waals surface area contributed by atoms with Crippen molar-refractivity contribution in [3.05, 3.63) is 41.6 Å². The summed E-state index contributed by atoms with van der Waals surface area (Å²) in [6.07, 6.45) is 6.22. The largest absolute Gasteiger partial charge is 0.368 e. The van der Waals surface area contributed by atoms with Crippen LogP contribution in [0, 0.1) is 17.6 Å². The Morgan fingerprint density at radius 3 is 2.60 bits per heavy atom. The van der Waals surface area contributed by atoms with Crippen LogP contribution in [0.15, 0.2) is 28.8 Å². The number of carbonyl (C=O) groups is 3. The van der Waals surface area contributed by atoms with Gasteiger partial charge in [0.15, 0.2) is 11.5 Å². The molecular formula is C24H29F2N5O4. The van der Waals surface area contributed by atoms with Gasteiger partial charge in [-0.2, -0.15) is 0 Å². The van der Waals surface area contributed by atoms with Crippen LogP contribution in [0.25, 0.3) is 11.3 Å². The number of rotatable bonds is 7. The number of nitrogens with one attached hydrogen (secondary N) is 2. The van der Waals surface area contributed by atoms with Crippen LogP contribution in [0.2, 0.25) is 0 Å². The molecule has 4 rings (SSSR count). The fourth-order valence-electron chi connectivity index (χ4n) is 4.94. The van der Waals surface area contributed by atoms with Crippen molar-refractivity contribution in [2.75, 3.05) is 19.6 Å². The minimum absolute atomic E-state index is 0.0180. The van der Waals surface area contributed by atoms with Gasteiger partial charge in [-0.15, -0.1) is 0 Å². The Bertz CT molecular complexity index is 1090. The quantitative estimate of drug-likeness (QED) is 0.545. The Kier molecular flexibility index (Phi) is 7.74. The topological polar surface area (TPSA) is 131 Å². The summed E-state index contributed by atoms with van der Waals surface area (Å²) in [6, 6.07) is 4.16. The van der Waals surface area contributed by atoms with E-state index in [9.17, 15) is 23.2 Å². The standard InChI is InChI=1S/C24H29F2N5O4/c25-14-6-7-16(18(26)10-14)21-11-20(30-35-21)24(34)29-19-8-9-31(15-4-2-1-3-5-15)13-17(19)23(33)28-12-22(27)32/h6-7,10-11,15,17,19H,1-5,8-9,12-13H2,(H2,27,32)(H,28,33)(H,29,34)/t17-,19-/m1/s1. The van der Waals surface area contributed by atoms with Gasteiger partial charge >= 0.3 is 0 Å². The van der Waals surface area contributed by atoms with E-state index in [2.05, 4.69) is 20.7 Å². The number of halogens is 2. The number of nitrogens with two attached hydrogens (primary N) is 1. The fourth-order valence-corrected chi connectivity index (χ4v) is 4.94. The molecule has 35 heavy (non-hydrogen) atoms. The van der Waals surface area contributed by atoms with Crippen LogP contribution in [0.5, 0.6) is 0 Å². The van der Waals surface area contributed by atoms with Crippen LogP contribution >= 0.6 is 0 Å². The second-order valence-corrected chi connectivity index (χ2v) is 9.15. The first-order chi connectivity index (χ1) is 16.8. The van der Waals surface area contributed by atoms with E-state index >= 15 is 0 Å². The van der Waals surface area contributed by atoms with Crippen molar-refractivity contribution in [2.24, 2.45) is 11.7 Å². The molecule has 1 saturated carbocycles. The van der Waals surface area contributed by atoms with Crippen molar-refractivity contribution in [1.82, 2.24) is 20.7 Å². The number of benzene rings is 1. The Hall–Kier alpha value is -3.34. The van der Waals surface area contributed by atoms with Gasteiger partial charge in [-0.1, -0.05) is 24.4 Å². The fraction of sp³-hybridized carbons (Fsp3) is 0.500. The molecule has 2 aliphatic rings. The van der Waals surface area contributed by atoms with Crippen molar-refractivity contribution in [1.29, 1.82) is 0 Å². The number of amides is 3. The van der Waals surface area contributed by atoms with Crippen LogP contribution in [0.1, 0.15) is 49.0 Å². The molecule has 2 fully saturated rings. The lowest BCUT2D eigenvalue weighted by molar-refractivity contribution is -0.130. The zero-order valence-electron chi connectivity index (χ0n) is 19.3. The molecule has 9 nitrogen and oxygen atoms in total. The van der Waals surface area contributed by atoms with Gasteiger partial charge in [0.05, 0.1) is 18.0 Å². The van der Waals surface area contributed by atoms with Crippen molar-refractivity contribution >= 4 is 17.7 Å². The zero-order chi connectivity index (χ0) is 24.9.